The van der Waals surface area contributed by atoms with Crippen LogP contribution in [0.2, 0.25) is 0 Å². The van der Waals surface area contributed by atoms with Gasteiger partial charge in [-0.05, 0) is 48.9 Å². The fraction of sp³-hybridized carbons (Fsp3) is 0.179. The number of hydrogen-bond donors (Lipinski definition) is 2. The Morgan fingerprint density at radius 2 is 1.59 bits per heavy atom. The van der Waals surface area contributed by atoms with Gasteiger partial charge in [-0.25, -0.2) is 9.78 Å². The molecule has 0 saturated heterocycles. The molecule has 1 unspecified atom stereocenters. The van der Waals surface area contributed by atoms with Crippen molar-refractivity contribution in [2.45, 2.75) is 19.4 Å². The molecule has 1 aliphatic heterocycles. The predicted molar refractivity (Wildman–Crippen MR) is 134 cm³/mol. The lowest BCUT2D eigenvalue weighted by molar-refractivity contribution is -0.551. The number of aryl methyl sites for hydroxylation is 1. The van der Waals surface area contributed by atoms with Crippen LogP contribution in [0.3, 0.4) is 0 Å². The van der Waals surface area contributed by atoms with Gasteiger partial charge in [-0.1, -0.05) is 42.0 Å². The number of rotatable bonds is 5. The first-order valence-corrected chi connectivity index (χ1v) is 11.3. The maximum atomic E-state index is 13.5. The lowest BCUT2D eigenvalue weighted by Gasteiger charge is -2.13. The van der Waals surface area contributed by atoms with Gasteiger partial charge in [-0.15, -0.1) is 0 Å². The van der Waals surface area contributed by atoms with Crippen LogP contribution < -0.4 is 14.8 Å². The molecule has 1 aliphatic rings. The molecule has 170 valence electrons. The van der Waals surface area contributed by atoms with Gasteiger partial charge in [-0.2, -0.15) is 4.57 Å². The Bertz CT molecular complexity index is 1350. The molecule has 0 radical (unpaired) electrons. The van der Waals surface area contributed by atoms with Gasteiger partial charge in [0.1, 0.15) is 17.6 Å². The molecule has 0 saturated carbocycles. The summed E-state index contributed by atoms with van der Waals surface area (Å²) in [6.45, 7) is 2.05. The molecule has 3 aromatic carbocycles. The normalized spacial score (nSPS) is 14.6. The Morgan fingerprint density at radius 1 is 0.941 bits per heavy atom. The number of benzene rings is 3. The molecule has 34 heavy (non-hydrogen) atoms. The number of aromatic hydroxyl groups is 1. The monoisotopic (exact) mass is 451 g/mol. The highest BCUT2D eigenvalue weighted by atomic mass is 16.3. The minimum atomic E-state index is -0.376. The number of hydrogen-bond acceptors (Lipinski definition) is 5. The van der Waals surface area contributed by atoms with Crippen LogP contribution in [-0.4, -0.2) is 36.1 Å². The second kappa shape index (κ2) is 8.63. The lowest BCUT2D eigenvalue weighted by atomic mass is 10.0. The molecule has 1 aromatic heterocycles. The lowest BCUT2D eigenvalue weighted by Crippen LogP contribution is -2.43. The van der Waals surface area contributed by atoms with Gasteiger partial charge >= 0.3 is 11.7 Å². The zero-order valence-electron chi connectivity index (χ0n) is 19.5. The van der Waals surface area contributed by atoms with Crippen molar-refractivity contribution in [3.05, 3.63) is 90.1 Å². The van der Waals surface area contributed by atoms with E-state index in [2.05, 4.69) is 36.5 Å². The van der Waals surface area contributed by atoms with Crippen LogP contribution in [0.5, 0.6) is 5.75 Å². The van der Waals surface area contributed by atoms with E-state index < -0.39 is 0 Å². The van der Waals surface area contributed by atoms with Crippen molar-refractivity contribution in [3.63, 3.8) is 0 Å². The molecule has 1 atom stereocenters. The summed E-state index contributed by atoms with van der Waals surface area (Å²) in [6, 6.07) is 22.9. The molecule has 0 aliphatic carbocycles. The smallest absolute Gasteiger partial charge is 0.359 e. The average molecular weight is 452 g/mol. The molecule has 0 bridgehead atoms. The van der Waals surface area contributed by atoms with Crippen molar-refractivity contribution in [1.29, 1.82) is 0 Å². The van der Waals surface area contributed by atoms with E-state index >= 15 is 0 Å². The molecule has 5 rings (SSSR count). The van der Waals surface area contributed by atoms with E-state index in [1.807, 2.05) is 43.3 Å². The SMILES string of the molecule is Cc1ccc(CC2Nc3c(-c4ccc(N(C)C)cc4)nc(-c4ccc(O)cc4)c[n+]3C2=O)cc1. The number of anilines is 2. The highest BCUT2D eigenvalue weighted by Crippen LogP contribution is 2.31. The summed E-state index contributed by atoms with van der Waals surface area (Å²) in [5.74, 6) is 0.874. The first-order chi connectivity index (χ1) is 16.4. The van der Waals surface area contributed by atoms with Crippen LogP contribution in [0.4, 0.5) is 11.5 Å². The van der Waals surface area contributed by atoms with E-state index in [1.165, 1.54) is 5.56 Å². The van der Waals surface area contributed by atoms with Gasteiger partial charge < -0.3 is 10.0 Å². The van der Waals surface area contributed by atoms with Crippen molar-refractivity contribution < 1.29 is 14.5 Å². The summed E-state index contributed by atoms with van der Waals surface area (Å²) in [5.41, 5.74) is 6.52. The van der Waals surface area contributed by atoms with Crippen molar-refractivity contribution >= 4 is 17.4 Å². The molecule has 2 heterocycles. The van der Waals surface area contributed by atoms with Crippen molar-refractivity contribution in [1.82, 2.24) is 4.98 Å². The van der Waals surface area contributed by atoms with E-state index in [-0.39, 0.29) is 17.7 Å². The number of phenols is 1. The molecule has 0 spiro atoms. The maximum absolute atomic E-state index is 13.5. The number of carbonyl (C=O) groups excluding carboxylic acids is 1. The molecular weight excluding hydrogens is 424 g/mol. The number of fused-ring (bicyclic) bond motifs is 1. The standard InChI is InChI=1S/C28H26N4O2/c1-18-4-6-19(7-5-18)16-24-28(34)32-17-25(20-10-14-23(33)15-11-20)29-26(27(32)30-24)21-8-12-22(13-9-21)31(2)3/h4-15,17,24,33H,16H2,1-3H3/p+1. The van der Waals surface area contributed by atoms with Crippen LogP contribution in [0.1, 0.15) is 15.9 Å². The number of aromatic nitrogens is 2. The number of nitrogens with zero attached hydrogens (tertiary/aromatic N) is 3. The Morgan fingerprint density at radius 3 is 2.24 bits per heavy atom. The van der Waals surface area contributed by atoms with Gasteiger partial charge in [0.05, 0.1) is 0 Å². The van der Waals surface area contributed by atoms with Crippen LogP contribution in [0, 0.1) is 6.92 Å². The Hall–Kier alpha value is -4.19. The molecule has 4 aromatic rings. The summed E-state index contributed by atoms with van der Waals surface area (Å²) in [7, 11) is 4.00. The molecule has 0 fully saturated rings. The second-order valence-electron chi connectivity index (χ2n) is 8.91. The van der Waals surface area contributed by atoms with Gasteiger partial charge in [0, 0.05) is 37.3 Å². The summed E-state index contributed by atoms with van der Waals surface area (Å²) < 4.78 is 1.68. The first-order valence-electron chi connectivity index (χ1n) is 11.3. The first kappa shape index (κ1) is 21.6. The van der Waals surface area contributed by atoms with Gasteiger partial charge in [0.25, 0.3) is 0 Å². The van der Waals surface area contributed by atoms with E-state index in [0.29, 0.717) is 17.9 Å². The maximum Gasteiger partial charge on any atom is 0.359 e. The van der Waals surface area contributed by atoms with Crippen molar-refractivity contribution in [3.8, 4) is 28.3 Å². The zero-order valence-corrected chi connectivity index (χ0v) is 19.5. The van der Waals surface area contributed by atoms with E-state index in [9.17, 15) is 9.90 Å². The van der Waals surface area contributed by atoms with Crippen LogP contribution in [0.15, 0.2) is 79.0 Å². The minimum Gasteiger partial charge on any atom is -0.508 e. The van der Waals surface area contributed by atoms with Crippen molar-refractivity contribution in [2.75, 3.05) is 24.3 Å². The molecular formula is C28H27N4O2+. The minimum absolute atomic E-state index is 0.0100. The average Bonchev–Trinajstić information content (AvgIpc) is 3.15. The fourth-order valence-electron chi connectivity index (χ4n) is 4.20. The predicted octanol–water partition coefficient (Wildman–Crippen LogP) is 4.46. The van der Waals surface area contributed by atoms with Crippen molar-refractivity contribution in [2.24, 2.45) is 0 Å². The molecule has 0 amide bonds. The van der Waals surface area contributed by atoms with Crippen LogP contribution >= 0.6 is 0 Å². The topological polar surface area (TPSA) is 69.3 Å². The van der Waals surface area contributed by atoms with Gasteiger partial charge in [-0.3, -0.25) is 5.32 Å². The van der Waals surface area contributed by atoms with Gasteiger partial charge in [0.2, 0.25) is 0 Å². The van der Waals surface area contributed by atoms with E-state index in [0.717, 1.165) is 28.1 Å². The van der Waals surface area contributed by atoms with Crippen LogP contribution in [-0.2, 0) is 6.42 Å². The highest BCUT2D eigenvalue weighted by Gasteiger charge is 2.41. The van der Waals surface area contributed by atoms with E-state index in [1.54, 1.807) is 35.0 Å². The second-order valence-corrected chi connectivity index (χ2v) is 8.91. The third kappa shape index (κ3) is 4.10. The Balaban J connectivity index is 1.58. The molecule has 6 nitrogen and oxygen atoms in total. The molecule has 6 heteroatoms. The number of phenolic OH excluding ortho intramolecular Hbond substituents is 1. The third-order valence-corrected chi connectivity index (χ3v) is 6.18. The third-order valence-electron chi connectivity index (χ3n) is 6.18. The number of nitrogens with one attached hydrogen (secondary N) is 1. The highest BCUT2D eigenvalue weighted by molar-refractivity contribution is 5.87. The Kier molecular flexibility index (Phi) is 5.49. The van der Waals surface area contributed by atoms with E-state index in [4.69, 9.17) is 4.98 Å². The zero-order chi connectivity index (χ0) is 23.8. The molecule has 2 N–H and O–H groups in total. The fourth-order valence-corrected chi connectivity index (χ4v) is 4.20. The number of carbonyl (C=O) groups is 1. The largest absolute Gasteiger partial charge is 0.508 e. The quantitative estimate of drug-likeness (QED) is 0.439. The summed E-state index contributed by atoms with van der Waals surface area (Å²) in [6.07, 6.45) is 2.37. The summed E-state index contributed by atoms with van der Waals surface area (Å²) in [5, 5.41) is 13.1. The van der Waals surface area contributed by atoms with Crippen LogP contribution in [0.25, 0.3) is 22.5 Å². The summed E-state index contributed by atoms with van der Waals surface area (Å²) >= 11 is 0. The Labute approximate surface area is 199 Å². The summed E-state index contributed by atoms with van der Waals surface area (Å²) in [4.78, 5) is 20.4. The van der Waals surface area contributed by atoms with Gasteiger partial charge in [0.15, 0.2) is 11.7 Å².